The first-order valence-corrected chi connectivity index (χ1v) is 9.20. The van der Waals surface area contributed by atoms with Gasteiger partial charge in [0.05, 0.1) is 5.69 Å². The molecule has 0 aromatic heterocycles. The first-order valence-electron chi connectivity index (χ1n) is 9.20. The van der Waals surface area contributed by atoms with Crippen LogP contribution in [0.1, 0.15) is 22.3 Å². The Labute approximate surface area is 165 Å². The molecule has 0 atom stereocenters. The predicted octanol–water partition coefficient (Wildman–Crippen LogP) is 5.38. The molecule has 1 N–H and O–H groups in total. The first-order chi connectivity index (χ1) is 13.5. The van der Waals surface area contributed by atoms with E-state index in [0.717, 1.165) is 22.5 Å². The molecule has 0 saturated heterocycles. The van der Waals surface area contributed by atoms with Crippen molar-refractivity contribution in [3.05, 3.63) is 89.0 Å². The lowest BCUT2D eigenvalue weighted by atomic mass is 10.1. The van der Waals surface area contributed by atoms with Crippen molar-refractivity contribution >= 4 is 23.5 Å². The summed E-state index contributed by atoms with van der Waals surface area (Å²) in [5, 5.41) is 2.86. The van der Waals surface area contributed by atoms with Crippen LogP contribution < -0.4 is 10.1 Å². The Morgan fingerprint density at radius 3 is 2.57 bits per heavy atom. The van der Waals surface area contributed by atoms with Crippen LogP contribution in [-0.2, 0) is 4.79 Å². The normalized spacial score (nSPS) is 10.8. The number of nitrogens with one attached hydrogen (secondary N) is 1. The van der Waals surface area contributed by atoms with Gasteiger partial charge in [0.2, 0.25) is 0 Å². The predicted molar refractivity (Wildman–Crippen MR) is 115 cm³/mol. The number of nitrogens with zero attached hydrogens (tertiary/aromatic N) is 1. The molecule has 0 bridgehead atoms. The van der Waals surface area contributed by atoms with E-state index < -0.39 is 0 Å². The Morgan fingerprint density at radius 1 is 0.964 bits per heavy atom. The van der Waals surface area contributed by atoms with Gasteiger partial charge >= 0.3 is 0 Å². The third kappa shape index (κ3) is 5.55. The van der Waals surface area contributed by atoms with Crippen molar-refractivity contribution < 1.29 is 9.53 Å². The lowest BCUT2D eigenvalue weighted by Gasteiger charge is -2.09. The van der Waals surface area contributed by atoms with E-state index in [9.17, 15) is 4.79 Å². The second kappa shape index (κ2) is 9.00. The van der Waals surface area contributed by atoms with Crippen LogP contribution in [0.5, 0.6) is 5.75 Å². The largest absolute Gasteiger partial charge is 0.484 e. The number of benzene rings is 3. The molecule has 142 valence electrons. The summed E-state index contributed by atoms with van der Waals surface area (Å²) in [6.07, 6.45) is 1.79. The molecular formula is C24H24N2O2. The van der Waals surface area contributed by atoms with Gasteiger partial charge in [-0.3, -0.25) is 9.79 Å². The summed E-state index contributed by atoms with van der Waals surface area (Å²) in [4.78, 5) is 16.6. The molecule has 4 heteroatoms. The summed E-state index contributed by atoms with van der Waals surface area (Å²) in [5.41, 5.74) is 6.09. The van der Waals surface area contributed by atoms with Gasteiger partial charge in [-0.15, -0.1) is 0 Å². The summed E-state index contributed by atoms with van der Waals surface area (Å²) in [5.74, 6) is 0.436. The third-order valence-corrected chi connectivity index (χ3v) is 4.38. The molecule has 0 spiro atoms. The topological polar surface area (TPSA) is 50.7 Å². The maximum atomic E-state index is 12.1. The number of carbonyl (C=O) groups is 1. The van der Waals surface area contributed by atoms with Gasteiger partial charge in [-0.1, -0.05) is 30.3 Å². The van der Waals surface area contributed by atoms with Crippen LogP contribution in [0.15, 0.2) is 71.7 Å². The first kappa shape index (κ1) is 19.4. The van der Waals surface area contributed by atoms with Crippen molar-refractivity contribution in [3.8, 4) is 5.75 Å². The number of hydrogen-bond donors (Lipinski definition) is 1. The van der Waals surface area contributed by atoms with E-state index in [-0.39, 0.29) is 12.5 Å². The minimum absolute atomic E-state index is 0.0502. The molecule has 0 fully saturated rings. The fourth-order valence-corrected chi connectivity index (χ4v) is 2.71. The zero-order valence-corrected chi connectivity index (χ0v) is 16.4. The smallest absolute Gasteiger partial charge is 0.262 e. The summed E-state index contributed by atoms with van der Waals surface area (Å²) in [6, 6.07) is 21.4. The zero-order chi connectivity index (χ0) is 19.9. The maximum absolute atomic E-state index is 12.1. The van der Waals surface area contributed by atoms with Gasteiger partial charge in [0.1, 0.15) is 5.75 Å². The Morgan fingerprint density at radius 2 is 1.79 bits per heavy atom. The Balaban J connectivity index is 1.58. The number of aliphatic imine (C=N–C) groups is 1. The molecule has 0 radical (unpaired) electrons. The van der Waals surface area contributed by atoms with E-state index in [4.69, 9.17) is 4.74 Å². The number of anilines is 1. The van der Waals surface area contributed by atoms with Crippen molar-refractivity contribution in [3.63, 3.8) is 0 Å². The fraction of sp³-hybridized carbons (Fsp3) is 0.167. The van der Waals surface area contributed by atoms with Crippen LogP contribution in [0.4, 0.5) is 11.4 Å². The highest BCUT2D eigenvalue weighted by atomic mass is 16.5. The number of carbonyl (C=O) groups excluding carboxylic acids is 1. The molecule has 0 aliphatic rings. The summed E-state index contributed by atoms with van der Waals surface area (Å²) in [6.45, 7) is 6.05. The van der Waals surface area contributed by atoms with Crippen LogP contribution in [0.2, 0.25) is 0 Å². The van der Waals surface area contributed by atoms with Gasteiger partial charge < -0.3 is 10.1 Å². The highest BCUT2D eigenvalue weighted by molar-refractivity contribution is 5.92. The van der Waals surface area contributed by atoms with E-state index in [2.05, 4.69) is 10.3 Å². The minimum Gasteiger partial charge on any atom is -0.484 e. The zero-order valence-electron chi connectivity index (χ0n) is 16.4. The van der Waals surface area contributed by atoms with Gasteiger partial charge in [0.25, 0.3) is 5.91 Å². The molecule has 0 aliphatic carbocycles. The van der Waals surface area contributed by atoms with Crippen molar-refractivity contribution in [2.24, 2.45) is 4.99 Å². The third-order valence-electron chi connectivity index (χ3n) is 4.38. The van der Waals surface area contributed by atoms with Crippen LogP contribution in [-0.4, -0.2) is 18.7 Å². The molecule has 3 aromatic carbocycles. The highest BCUT2D eigenvalue weighted by Gasteiger charge is 2.05. The Bertz CT molecular complexity index is 1010. The maximum Gasteiger partial charge on any atom is 0.262 e. The van der Waals surface area contributed by atoms with E-state index in [1.165, 1.54) is 11.1 Å². The second-order valence-electron chi connectivity index (χ2n) is 6.81. The van der Waals surface area contributed by atoms with Gasteiger partial charge in [-0.2, -0.15) is 0 Å². The number of hydrogen-bond acceptors (Lipinski definition) is 3. The number of rotatable bonds is 6. The molecule has 1 amide bonds. The van der Waals surface area contributed by atoms with Crippen molar-refractivity contribution in [2.75, 3.05) is 11.9 Å². The molecule has 0 aliphatic heterocycles. The SMILES string of the molecule is Cc1cccc(N=Cc2cccc(OCC(=O)Nc3ccc(C)c(C)c3)c2)c1. The van der Waals surface area contributed by atoms with Crippen molar-refractivity contribution in [2.45, 2.75) is 20.8 Å². The van der Waals surface area contributed by atoms with Crippen molar-refractivity contribution in [1.82, 2.24) is 0 Å². The summed E-state index contributed by atoms with van der Waals surface area (Å²) < 4.78 is 5.63. The number of aryl methyl sites for hydroxylation is 3. The average Bonchev–Trinajstić information content (AvgIpc) is 2.68. The van der Waals surface area contributed by atoms with Crippen molar-refractivity contribution in [1.29, 1.82) is 0 Å². The fourth-order valence-electron chi connectivity index (χ4n) is 2.71. The molecule has 3 rings (SSSR count). The Kier molecular flexibility index (Phi) is 6.22. The van der Waals surface area contributed by atoms with Crippen LogP contribution >= 0.6 is 0 Å². The molecule has 0 saturated carbocycles. The number of ether oxygens (including phenoxy) is 1. The minimum atomic E-state index is -0.193. The monoisotopic (exact) mass is 372 g/mol. The van der Waals surface area contributed by atoms with Gasteiger partial charge in [-0.05, 0) is 79.4 Å². The van der Waals surface area contributed by atoms with E-state index in [1.807, 2.05) is 87.5 Å². The Hall–Kier alpha value is -3.40. The lowest BCUT2D eigenvalue weighted by Crippen LogP contribution is -2.20. The molecule has 28 heavy (non-hydrogen) atoms. The second-order valence-corrected chi connectivity index (χ2v) is 6.81. The van der Waals surface area contributed by atoms with E-state index in [0.29, 0.717) is 5.75 Å². The van der Waals surface area contributed by atoms with Crippen LogP contribution in [0.25, 0.3) is 0 Å². The summed E-state index contributed by atoms with van der Waals surface area (Å²) >= 11 is 0. The number of amides is 1. The molecule has 4 nitrogen and oxygen atoms in total. The van der Waals surface area contributed by atoms with Gasteiger partial charge in [0.15, 0.2) is 6.61 Å². The van der Waals surface area contributed by atoms with E-state index in [1.54, 1.807) is 6.21 Å². The van der Waals surface area contributed by atoms with Gasteiger partial charge in [0, 0.05) is 11.9 Å². The van der Waals surface area contributed by atoms with Gasteiger partial charge in [-0.25, -0.2) is 0 Å². The molecule has 0 heterocycles. The highest BCUT2D eigenvalue weighted by Crippen LogP contribution is 2.17. The standard InChI is InChI=1S/C24H24N2O2/c1-17-6-4-8-21(12-17)25-15-20-7-5-9-23(14-20)28-16-24(27)26-22-11-10-18(2)19(3)13-22/h4-15H,16H2,1-3H3,(H,26,27). The molecular weight excluding hydrogens is 348 g/mol. The lowest BCUT2D eigenvalue weighted by molar-refractivity contribution is -0.118. The molecule has 0 unspecified atom stereocenters. The molecule has 3 aromatic rings. The van der Waals surface area contributed by atoms with Crippen LogP contribution in [0, 0.1) is 20.8 Å². The quantitative estimate of drug-likeness (QED) is 0.591. The van der Waals surface area contributed by atoms with E-state index >= 15 is 0 Å². The van der Waals surface area contributed by atoms with Crippen LogP contribution in [0.3, 0.4) is 0 Å². The summed E-state index contributed by atoms with van der Waals surface area (Å²) in [7, 11) is 0. The average molecular weight is 372 g/mol.